The number of ether oxygens (including phenoxy) is 1. The molecular formula is C11H13N3O2S. The van der Waals surface area contributed by atoms with Crippen molar-refractivity contribution in [2.24, 2.45) is 0 Å². The zero-order valence-corrected chi connectivity index (χ0v) is 10.7. The van der Waals surface area contributed by atoms with Gasteiger partial charge in [0.05, 0.1) is 12.5 Å². The van der Waals surface area contributed by atoms with E-state index in [0.717, 1.165) is 20.7 Å². The van der Waals surface area contributed by atoms with E-state index in [2.05, 4.69) is 14.7 Å². The first-order valence-electron chi connectivity index (χ1n) is 5.11. The molecule has 2 heterocycles. The molecule has 0 amide bonds. The summed E-state index contributed by atoms with van der Waals surface area (Å²) in [7, 11) is 1.34. The molecule has 0 aliphatic rings. The van der Waals surface area contributed by atoms with Crippen molar-refractivity contribution in [1.82, 2.24) is 9.97 Å². The Kier molecular flexibility index (Phi) is 2.97. The van der Waals surface area contributed by atoms with Crippen molar-refractivity contribution in [2.45, 2.75) is 20.3 Å². The Hall–Kier alpha value is -1.69. The van der Waals surface area contributed by atoms with Crippen molar-refractivity contribution < 1.29 is 9.53 Å². The van der Waals surface area contributed by atoms with Crippen molar-refractivity contribution in [3.63, 3.8) is 0 Å². The molecule has 0 aliphatic heterocycles. The Morgan fingerprint density at radius 1 is 1.41 bits per heavy atom. The van der Waals surface area contributed by atoms with Crippen LogP contribution in [0.2, 0.25) is 0 Å². The van der Waals surface area contributed by atoms with E-state index in [4.69, 9.17) is 5.73 Å². The standard InChI is InChI=1S/C11H13N3O2S/c1-5-6(2)17-11-9(5)10(12)13-7(14-11)4-8(15)16-3/h4H2,1-3H3,(H2,12,13,14). The summed E-state index contributed by atoms with van der Waals surface area (Å²) in [6.07, 6.45) is 0.0482. The number of hydrogen-bond acceptors (Lipinski definition) is 6. The zero-order chi connectivity index (χ0) is 12.6. The number of esters is 1. The van der Waals surface area contributed by atoms with E-state index in [0.29, 0.717) is 11.6 Å². The van der Waals surface area contributed by atoms with Crippen LogP contribution in [0.3, 0.4) is 0 Å². The number of rotatable bonds is 2. The van der Waals surface area contributed by atoms with Gasteiger partial charge in [0.25, 0.3) is 0 Å². The summed E-state index contributed by atoms with van der Waals surface area (Å²) < 4.78 is 4.58. The third kappa shape index (κ3) is 2.08. The highest BCUT2D eigenvalue weighted by molar-refractivity contribution is 7.18. The second-order valence-electron chi connectivity index (χ2n) is 3.74. The van der Waals surface area contributed by atoms with Crippen LogP contribution in [0, 0.1) is 13.8 Å². The predicted octanol–water partition coefficient (Wildman–Crippen LogP) is 1.61. The van der Waals surface area contributed by atoms with Gasteiger partial charge in [-0.15, -0.1) is 11.3 Å². The molecule has 0 fully saturated rings. The fourth-order valence-electron chi connectivity index (χ4n) is 1.61. The average Bonchev–Trinajstić information content (AvgIpc) is 2.54. The number of methoxy groups -OCH3 is 1. The molecule has 0 aliphatic carbocycles. The average molecular weight is 251 g/mol. The van der Waals surface area contributed by atoms with E-state index in [1.807, 2.05) is 13.8 Å². The Labute approximate surface area is 103 Å². The summed E-state index contributed by atoms with van der Waals surface area (Å²) in [5.41, 5.74) is 7.00. The number of anilines is 1. The van der Waals surface area contributed by atoms with Gasteiger partial charge in [0.15, 0.2) is 0 Å². The molecule has 0 saturated heterocycles. The van der Waals surface area contributed by atoms with Crippen LogP contribution in [0.25, 0.3) is 10.2 Å². The van der Waals surface area contributed by atoms with Gasteiger partial charge in [-0.05, 0) is 19.4 Å². The smallest absolute Gasteiger partial charge is 0.313 e. The molecule has 6 heteroatoms. The number of carbonyl (C=O) groups excluding carboxylic acids is 1. The lowest BCUT2D eigenvalue weighted by Crippen LogP contribution is -2.09. The molecule has 0 spiro atoms. The molecule has 0 saturated carbocycles. The third-order valence-corrected chi connectivity index (χ3v) is 3.73. The minimum atomic E-state index is -0.367. The van der Waals surface area contributed by atoms with Gasteiger partial charge in [0, 0.05) is 4.88 Å². The topological polar surface area (TPSA) is 78.1 Å². The molecule has 0 unspecified atom stereocenters. The first-order chi connectivity index (χ1) is 8.02. The number of hydrogen-bond donors (Lipinski definition) is 1. The maximum absolute atomic E-state index is 11.2. The van der Waals surface area contributed by atoms with Gasteiger partial charge in [-0.2, -0.15) is 0 Å². The second-order valence-corrected chi connectivity index (χ2v) is 4.94. The SMILES string of the molecule is COC(=O)Cc1nc(N)c2c(C)c(C)sc2n1. The van der Waals surface area contributed by atoms with E-state index < -0.39 is 0 Å². The van der Waals surface area contributed by atoms with Crippen LogP contribution in [0.5, 0.6) is 0 Å². The Balaban J connectivity index is 2.52. The van der Waals surface area contributed by atoms with Crippen molar-refractivity contribution >= 4 is 33.3 Å². The summed E-state index contributed by atoms with van der Waals surface area (Å²) >= 11 is 1.56. The van der Waals surface area contributed by atoms with Gasteiger partial charge in [0.2, 0.25) is 0 Å². The highest BCUT2D eigenvalue weighted by Crippen LogP contribution is 2.31. The van der Waals surface area contributed by atoms with Crippen LogP contribution in [0.1, 0.15) is 16.3 Å². The van der Waals surface area contributed by atoms with Crippen LogP contribution < -0.4 is 5.73 Å². The normalized spacial score (nSPS) is 10.8. The van der Waals surface area contributed by atoms with E-state index >= 15 is 0 Å². The van der Waals surface area contributed by atoms with E-state index in [1.54, 1.807) is 11.3 Å². The van der Waals surface area contributed by atoms with Crippen LogP contribution in [0.15, 0.2) is 0 Å². The monoisotopic (exact) mass is 251 g/mol. The quantitative estimate of drug-likeness (QED) is 0.820. The first kappa shape index (κ1) is 11.8. The number of aromatic nitrogens is 2. The summed E-state index contributed by atoms with van der Waals surface area (Å²) in [4.78, 5) is 21.6. The Morgan fingerprint density at radius 2 is 2.12 bits per heavy atom. The van der Waals surface area contributed by atoms with Crippen molar-refractivity contribution in [1.29, 1.82) is 0 Å². The number of thiophene rings is 1. The lowest BCUT2D eigenvalue weighted by molar-refractivity contribution is -0.139. The van der Waals surface area contributed by atoms with Crippen molar-refractivity contribution in [2.75, 3.05) is 12.8 Å². The Morgan fingerprint density at radius 3 is 2.76 bits per heavy atom. The zero-order valence-electron chi connectivity index (χ0n) is 9.90. The van der Waals surface area contributed by atoms with Gasteiger partial charge in [0.1, 0.15) is 22.9 Å². The lowest BCUT2D eigenvalue weighted by atomic mass is 10.2. The molecule has 0 aromatic carbocycles. The maximum Gasteiger partial charge on any atom is 0.313 e. The van der Waals surface area contributed by atoms with Gasteiger partial charge in [-0.3, -0.25) is 4.79 Å². The highest BCUT2D eigenvalue weighted by atomic mass is 32.1. The summed E-state index contributed by atoms with van der Waals surface area (Å²) in [5, 5.41) is 0.890. The van der Waals surface area contributed by atoms with Gasteiger partial charge in [-0.25, -0.2) is 9.97 Å². The van der Waals surface area contributed by atoms with Crippen molar-refractivity contribution in [3.8, 4) is 0 Å². The largest absolute Gasteiger partial charge is 0.469 e. The number of aryl methyl sites for hydroxylation is 2. The molecule has 2 aromatic rings. The van der Waals surface area contributed by atoms with Gasteiger partial charge in [-0.1, -0.05) is 0 Å². The Bertz CT molecular complexity index is 592. The third-order valence-electron chi connectivity index (χ3n) is 2.63. The maximum atomic E-state index is 11.2. The molecule has 0 atom stereocenters. The van der Waals surface area contributed by atoms with Crippen LogP contribution in [-0.2, 0) is 16.0 Å². The van der Waals surface area contributed by atoms with E-state index in [-0.39, 0.29) is 12.4 Å². The van der Waals surface area contributed by atoms with Crippen LogP contribution in [0.4, 0.5) is 5.82 Å². The summed E-state index contributed by atoms with van der Waals surface area (Å²) in [5.74, 6) is 0.465. The molecule has 2 N–H and O–H groups in total. The molecule has 0 radical (unpaired) electrons. The molecule has 2 rings (SSSR count). The number of fused-ring (bicyclic) bond motifs is 1. The summed E-state index contributed by atoms with van der Waals surface area (Å²) in [6, 6.07) is 0. The highest BCUT2D eigenvalue weighted by Gasteiger charge is 2.14. The number of nitrogen functional groups attached to an aromatic ring is 1. The lowest BCUT2D eigenvalue weighted by Gasteiger charge is -2.02. The van der Waals surface area contributed by atoms with E-state index in [9.17, 15) is 4.79 Å². The first-order valence-corrected chi connectivity index (χ1v) is 5.93. The number of nitrogens with zero attached hydrogens (tertiary/aromatic N) is 2. The molecule has 5 nitrogen and oxygen atoms in total. The molecule has 90 valence electrons. The number of carbonyl (C=O) groups is 1. The molecule has 0 bridgehead atoms. The second kappa shape index (κ2) is 4.29. The molecule has 2 aromatic heterocycles. The number of nitrogens with two attached hydrogens (primary N) is 1. The summed E-state index contributed by atoms with van der Waals surface area (Å²) in [6.45, 7) is 4.01. The fourth-order valence-corrected chi connectivity index (χ4v) is 2.66. The van der Waals surface area contributed by atoms with Gasteiger partial charge >= 0.3 is 5.97 Å². The van der Waals surface area contributed by atoms with Crippen molar-refractivity contribution in [3.05, 3.63) is 16.3 Å². The molecule has 17 heavy (non-hydrogen) atoms. The van der Waals surface area contributed by atoms with Crippen LogP contribution in [-0.4, -0.2) is 23.0 Å². The minimum absolute atomic E-state index is 0.0482. The fraction of sp³-hybridized carbons (Fsp3) is 0.364. The van der Waals surface area contributed by atoms with E-state index in [1.165, 1.54) is 7.11 Å². The van der Waals surface area contributed by atoms with Gasteiger partial charge < -0.3 is 10.5 Å². The molecular weight excluding hydrogens is 238 g/mol. The van der Waals surface area contributed by atoms with Crippen LogP contribution >= 0.6 is 11.3 Å². The minimum Gasteiger partial charge on any atom is -0.469 e. The predicted molar refractivity (Wildman–Crippen MR) is 67.0 cm³/mol.